The van der Waals surface area contributed by atoms with Gasteiger partial charge in [0.1, 0.15) is 0 Å². The zero-order valence-electron chi connectivity index (χ0n) is 16.3. The SMILES string of the molecule is CCN1CCCC1CNC(=NC)NCc1cnn(Cc2ccccc2)c1.I. The maximum Gasteiger partial charge on any atom is 0.191 e. The lowest BCUT2D eigenvalue weighted by atomic mass is 10.2. The number of aliphatic imine (C=N–C) groups is 1. The number of likely N-dealkylation sites (N-methyl/N-ethyl adjacent to an activating group) is 1. The predicted molar refractivity (Wildman–Crippen MR) is 122 cm³/mol. The van der Waals surface area contributed by atoms with Crippen LogP contribution < -0.4 is 10.6 Å². The molecule has 0 spiro atoms. The van der Waals surface area contributed by atoms with E-state index in [0.717, 1.165) is 37.7 Å². The number of aromatic nitrogens is 2. The first-order chi connectivity index (χ1) is 12.8. The molecule has 0 saturated carbocycles. The van der Waals surface area contributed by atoms with Crippen molar-refractivity contribution >= 4 is 29.9 Å². The Morgan fingerprint density at radius 3 is 2.78 bits per heavy atom. The molecule has 148 valence electrons. The number of hydrogen-bond acceptors (Lipinski definition) is 3. The molecule has 1 unspecified atom stereocenters. The smallest absolute Gasteiger partial charge is 0.191 e. The van der Waals surface area contributed by atoms with E-state index >= 15 is 0 Å². The van der Waals surface area contributed by atoms with Gasteiger partial charge in [-0.2, -0.15) is 5.10 Å². The molecule has 1 aromatic heterocycles. The highest BCUT2D eigenvalue weighted by molar-refractivity contribution is 14.0. The molecule has 1 aliphatic rings. The summed E-state index contributed by atoms with van der Waals surface area (Å²) in [5.41, 5.74) is 2.41. The first-order valence-electron chi connectivity index (χ1n) is 9.52. The van der Waals surface area contributed by atoms with Gasteiger partial charge in [0.25, 0.3) is 0 Å². The summed E-state index contributed by atoms with van der Waals surface area (Å²) in [7, 11) is 1.82. The van der Waals surface area contributed by atoms with Crippen molar-refractivity contribution in [2.75, 3.05) is 26.7 Å². The maximum atomic E-state index is 4.45. The standard InChI is InChI=1S/C20H30N6.HI/c1-3-25-11-7-10-19(25)14-23-20(21-2)22-12-18-13-24-26(16-18)15-17-8-5-4-6-9-17;/h4-6,8-9,13,16,19H,3,7,10-12,14-15H2,1-2H3,(H2,21,22,23);1H. The van der Waals surface area contributed by atoms with Crippen LogP contribution in [0.5, 0.6) is 0 Å². The van der Waals surface area contributed by atoms with Crippen LogP contribution in [0.2, 0.25) is 0 Å². The third kappa shape index (κ3) is 6.49. The Kier molecular flexibility index (Phi) is 9.06. The van der Waals surface area contributed by atoms with E-state index < -0.39 is 0 Å². The lowest BCUT2D eigenvalue weighted by molar-refractivity contribution is 0.267. The largest absolute Gasteiger partial charge is 0.355 e. The summed E-state index contributed by atoms with van der Waals surface area (Å²) in [6.07, 6.45) is 6.57. The van der Waals surface area contributed by atoms with E-state index in [9.17, 15) is 0 Å². The highest BCUT2D eigenvalue weighted by Gasteiger charge is 2.22. The van der Waals surface area contributed by atoms with E-state index in [1.807, 2.05) is 24.0 Å². The summed E-state index contributed by atoms with van der Waals surface area (Å²) in [6, 6.07) is 11.0. The van der Waals surface area contributed by atoms with Crippen molar-refractivity contribution in [2.45, 2.75) is 38.9 Å². The van der Waals surface area contributed by atoms with Crippen molar-refractivity contribution in [1.29, 1.82) is 0 Å². The van der Waals surface area contributed by atoms with E-state index in [0.29, 0.717) is 6.04 Å². The predicted octanol–water partition coefficient (Wildman–Crippen LogP) is 2.70. The Bertz CT molecular complexity index is 700. The van der Waals surface area contributed by atoms with E-state index in [1.54, 1.807) is 0 Å². The fourth-order valence-corrected chi connectivity index (χ4v) is 3.52. The number of likely N-dealkylation sites (tertiary alicyclic amines) is 1. The zero-order valence-corrected chi connectivity index (χ0v) is 18.6. The number of nitrogens with zero attached hydrogens (tertiary/aromatic N) is 4. The van der Waals surface area contributed by atoms with Crippen LogP contribution in [0.4, 0.5) is 0 Å². The Labute approximate surface area is 179 Å². The van der Waals surface area contributed by atoms with E-state index in [2.05, 4.69) is 63.0 Å². The fourth-order valence-electron chi connectivity index (χ4n) is 3.52. The molecule has 2 N–H and O–H groups in total. The normalized spacial score (nSPS) is 17.6. The van der Waals surface area contributed by atoms with Crippen molar-refractivity contribution in [3.8, 4) is 0 Å². The van der Waals surface area contributed by atoms with Crippen LogP contribution in [0.25, 0.3) is 0 Å². The molecule has 0 aliphatic carbocycles. The Morgan fingerprint density at radius 1 is 1.22 bits per heavy atom. The lowest BCUT2D eigenvalue weighted by Gasteiger charge is -2.23. The third-order valence-electron chi connectivity index (χ3n) is 4.97. The molecular formula is C20H31IN6. The quantitative estimate of drug-likeness (QED) is 0.362. The molecule has 2 heterocycles. The van der Waals surface area contributed by atoms with Crippen molar-refractivity contribution in [3.63, 3.8) is 0 Å². The van der Waals surface area contributed by atoms with Crippen molar-refractivity contribution in [1.82, 2.24) is 25.3 Å². The molecule has 1 aromatic carbocycles. The number of benzene rings is 1. The minimum atomic E-state index is 0. The third-order valence-corrected chi connectivity index (χ3v) is 4.97. The second-order valence-corrected chi connectivity index (χ2v) is 6.76. The number of hydrogen-bond donors (Lipinski definition) is 2. The van der Waals surface area contributed by atoms with E-state index in [1.165, 1.54) is 24.9 Å². The molecule has 1 aliphatic heterocycles. The summed E-state index contributed by atoms with van der Waals surface area (Å²) in [6.45, 7) is 7.03. The molecule has 6 nitrogen and oxygen atoms in total. The van der Waals surface area contributed by atoms with Gasteiger partial charge in [0.2, 0.25) is 0 Å². The Balaban J connectivity index is 0.00000261. The fraction of sp³-hybridized carbons (Fsp3) is 0.500. The van der Waals surface area contributed by atoms with Gasteiger partial charge in [0.05, 0.1) is 12.7 Å². The van der Waals surface area contributed by atoms with Gasteiger partial charge in [-0.1, -0.05) is 37.3 Å². The summed E-state index contributed by atoms with van der Waals surface area (Å²) in [5, 5.41) is 11.3. The second-order valence-electron chi connectivity index (χ2n) is 6.76. The lowest BCUT2D eigenvalue weighted by Crippen LogP contribution is -2.44. The monoisotopic (exact) mass is 482 g/mol. The zero-order chi connectivity index (χ0) is 18.2. The van der Waals surface area contributed by atoms with Gasteiger partial charge >= 0.3 is 0 Å². The van der Waals surface area contributed by atoms with Crippen LogP contribution in [0.1, 0.15) is 30.9 Å². The molecule has 0 radical (unpaired) electrons. The Morgan fingerprint density at radius 2 is 2.04 bits per heavy atom. The molecule has 27 heavy (non-hydrogen) atoms. The van der Waals surface area contributed by atoms with Gasteiger partial charge in [0, 0.05) is 37.9 Å². The van der Waals surface area contributed by atoms with Crippen LogP contribution in [-0.2, 0) is 13.1 Å². The average Bonchev–Trinajstić information content (AvgIpc) is 3.31. The van der Waals surface area contributed by atoms with Gasteiger partial charge in [-0.05, 0) is 31.5 Å². The molecule has 3 rings (SSSR count). The van der Waals surface area contributed by atoms with Gasteiger partial charge in [-0.15, -0.1) is 24.0 Å². The highest BCUT2D eigenvalue weighted by atomic mass is 127. The average molecular weight is 482 g/mol. The van der Waals surface area contributed by atoms with Gasteiger partial charge in [0.15, 0.2) is 5.96 Å². The van der Waals surface area contributed by atoms with Crippen LogP contribution in [-0.4, -0.2) is 53.4 Å². The summed E-state index contributed by atoms with van der Waals surface area (Å²) in [5.74, 6) is 0.851. The maximum absolute atomic E-state index is 4.45. The summed E-state index contributed by atoms with van der Waals surface area (Å²) < 4.78 is 1.97. The molecular weight excluding hydrogens is 451 g/mol. The number of halogens is 1. The molecule has 1 fully saturated rings. The molecule has 2 aromatic rings. The van der Waals surface area contributed by atoms with Gasteiger partial charge in [-0.25, -0.2) is 0 Å². The number of nitrogens with one attached hydrogen (secondary N) is 2. The molecule has 0 amide bonds. The second kappa shape index (κ2) is 11.3. The van der Waals surface area contributed by atoms with Crippen molar-refractivity contribution < 1.29 is 0 Å². The van der Waals surface area contributed by atoms with Crippen LogP contribution in [0, 0.1) is 0 Å². The highest BCUT2D eigenvalue weighted by Crippen LogP contribution is 2.15. The number of rotatable bonds is 7. The van der Waals surface area contributed by atoms with E-state index in [4.69, 9.17) is 0 Å². The topological polar surface area (TPSA) is 57.5 Å². The molecule has 1 saturated heterocycles. The van der Waals surface area contributed by atoms with Crippen LogP contribution >= 0.6 is 24.0 Å². The van der Waals surface area contributed by atoms with Crippen molar-refractivity contribution in [3.05, 3.63) is 53.9 Å². The molecule has 1 atom stereocenters. The van der Waals surface area contributed by atoms with E-state index in [-0.39, 0.29) is 24.0 Å². The van der Waals surface area contributed by atoms with Crippen molar-refractivity contribution in [2.24, 2.45) is 4.99 Å². The first kappa shape index (κ1) is 21.7. The van der Waals surface area contributed by atoms with Gasteiger partial charge < -0.3 is 10.6 Å². The first-order valence-corrected chi connectivity index (χ1v) is 9.52. The molecule has 0 bridgehead atoms. The number of guanidine groups is 1. The van der Waals surface area contributed by atoms with Gasteiger partial charge in [-0.3, -0.25) is 14.6 Å². The minimum absolute atomic E-state index is 0. The molecule has 7 heteroatoms. The minimum Gasteiger partial charge on any atom is -0.355 e. The Hall–Kier alpha value is -1.61. The summed E-state index contributed by atoms with van der Waals surface area (Å²) >= 11 is 0. The van der Waals surface area contributed by atoms with Crippen LogP contribution in [0.15, 0.2) is 47.7 Å². The summed E-state index contributed by atoms with van der Waals surface area (Å²) in [4.78, 5) is 6.87. The van der Waals surface area contributed by atoms with Crippen LogP contribution in [0.3, 0.4) is 0 Å².